The van der Waals surface area contributed by atoms with Gasteiger partial charge in [-0.2, -0.15) is 5.26 Å². The molecule has 2 aliphatic rings. The maximum atomic E-state index is 13.3. The summed E-state index contributed by atoms with van der Waals surface area (Å²) in [5.41, 5.74) is 1.14. The van der Waals surface area contributed by atoms with Crippen molar-refractivity contribution in [3.63, 3.8) is 0 Å². The number of carbonyl (C=O) groups excluding carboxylic acids is 1. The Bertz CT molecular complexity index is 1020. The highest BCUT2D eigenvalue weighted by atomic mass is 32.2. The smallest absolute Gasteiger partial charge is 0.270 e. The molecule has 0 aromatic carbocycles. The van der Waals surface area contributed by atoms with Crippen molar-refractivity contribution in [1.82, 2.24) is 9.47 Å². The number of hydrogen-bond donors (Lipinski definition) is 0. The maximum absolute atomic E-state index is 13.3. The Balaban J connectivity index is 2.09. The lowest BCUT2D eigenvalue weighted by Crippen LogP contribution is -2.39. The fraction of sp³-hybridized carbons (Fsp3) is 0.565. The van der Waals surface area contributed by atoms with Gasteiger partial charge in [0.25, 0.3) is 11.5 Å². The first-order chi connectivity index (χ1) is 14.8. The van der Waals surface area contributed by atoms with E-state index in [-0.39, 0.29) is 23.1 Å². The fourth-order valence-electron chi connectivity index (χ4n) is 4.44. The molecule has 31 heavy (non-hydrogen) atoms. The number of carbonyl (C=O) groups is 1. The van der Waals surface area contributed by atoms with E-state index in [4.69, 9.17) is 12.2 Å². The molecule has 1 saturated heterocycles. The highest BCUT2D eigenvalue weighted by Gasteiger charge is 2.38. The van der Waals surface area contributed by atoms with Crippen LogP contribution in [0.1, 0.15) is 68.6 Å². The van der Waals surface area contributed by atoms with Crippen molar-refractivity contribution in [2.24, 2.45) is 7.05 Å². The summed E-state index contributed by atoms with van der Waals surface area (Å²) in [7, 11) is 3.63. The minimum atomic E-state index is -0.315. The van der Waals surface area contributed by atoms with Crippen LogP contribution >= 0.6 is 24.0 Å². The van der Waals surface area contributed by atoms with E-state index >= 15 is 0 Å². The number of nitrogens with zero attached hydrogens (tertiary/aromatic N) is 4. The van der Waals surface area contributed by atoms with Crippen molar-refractivity contribution < 1.29 is 4.79 Å². The minimum Gasteiger partial charge on any atom is -0.360 e. The Labute approximate surface area is 193 Å². The van der Waals surface area contributed by atoms with Crippen LogP contribution in [0.25, 0.3) is 6.08 Å². The van der Waals surface area contributed by atoms with Gasteiger partial charge in [-0.15, -0.1) is 0 Å². The van der Waals surface area contributed by atoms with E-state index in [2.05, 4.69) is 13.0 Å². The summed E-state index contributed by atoms with van der Waals surface area (Å²) >= 11 is 6.89. The van der Waals surface area contributed by atoms with Crippen LogP contribution < -0.4 is 10.5 Å². The molecule has 8 heteroatoms. The summed E-state index contributed by atoms with van der Waals surface area (Å²) in [6, 6.07) is 2.23. The summed E-state index contributed by atoms with van der Waals surface area (Å²) < 4.78 is 2.13. The van der Waals surface area contributed by atoms with Crippen LogP contribution in [0, 0.1) is 18.3 Å². The Morgan fingerprint density at radius 2 is 1.97 bits per heavy atom. The first-order valence-electron chi connectivity index (χ1n) is 10.9. The Morgan fingerprint density at radius 3 is 2.58 bits per heavy atom. The van der Waals surface area contributed by atoms with E-state index in [0.29, 0.717) is 14.8 Å². The van der Waals surface area contributed by atoms with E-state index in [9.17, 15) is 14.9 Å². The lowest BCUT2D eigenvalue weighted by molar-refractivity contribution is -0.124. The normalized spacial score (nSPS) is 18.7. The molecule has 2 fully saturated rings. The first-order valence-corrected chi connectivity index (χ1v) is 12.2. The van der Waals surface area contributed by atoms with E-state index in [1.54, 1.807) is 18.9 Å². The van der Waals surface area contributed by atoms with Crippen molar-refractivity contribution in [3.05, 3.63) is 31.9 Å². The Morgan fingerprint density at radius 1 is 1.29 bits per heavy atom. The van der Waals surface area contributed by atoms with Crippen LogP contribution in [-0.4, -0.2) is 39.3 Å². The number of thiocarbonyl (C=S) groups is 1. The third kappa shape index (κ3) is 4.58. The molecule has 1 aromatic rings. The van der Waals surface area contributed by atoms with Gasteiger partial charge in [-0.25, -0.2) is 0 Å². The molecule has 166 valence electrons. The molecule has 1 aliphatic carbocycles. The summed E-state index contributed by atoms with van der Waals surface area (Å²) in [6.07, 6.45) is 9.27. The zero-order valence-corrected chi connectivity index (χ0v) is 20.4. The largest absolute Gasteiger partial charge is 0.360 e. The lowest BCUT2D eigenvalue weighted by Gasteiger charge is -2.29. The van der Waals surface area contributed by atoms with Crippen LogP contribution in [0.3, 0.4) is 0 Å². The lowest BCUT2D eigenvalue weighted by atomic mass is 9.94. The third-order valence-corrected chi connectivity index (χ3v) is 7.55. The molecule has 1 aliphatic heterocycles. The number of pyridine rings is 1. The summed E-state index contributed by atoms with van der Waals surface area (Å²) in [5, 5.41) is 9.59. The molecule has 0 spiro atoms. The van der Waals surface area contributed by atoms with Gasteiger partial charge in [-0.05, 0) is 37.8 Å². The average Bonchev–Trinajstić information content (AvgIpc) is 3.04. The predicted octanol–water partition coefficient (Wildman–Crippen LogP) is 4.34. The number of amides is 1. The van der Waals surface area contributed by atoms with E-state index < -0.39 is 0 Å². The highest BCUT2D eigenvalue weighted by Crippen LogP contribution is 2.38. The number of rotatable bonds is 6. The first kappa shape index (κ1) is 23.6. The summed E-state index contributed by atoms with van der Waals surface area (Å²) in [4.78, 5) is 30.5. The predicted molar refractivity (Wildman–Crippen MR) is 131 cm³/mol. The molecular weight excluding hydrogens is 428 g/mol. The van der Waals surface area contributed by atoms with Gasteiger partial charge in [-0.1, -0.05) is 56.6 Å². The van der Waals surface area contributed by atoms with Crippen LogP contribution in [-0.2, 0) is 11.8 Å². The zero-order valence-electron chi connectivity index (χ0n) is 18.7. The van der Waals surface area contributed by atoms with Crippen molar-refractivity contribution in [3.8, 4) is 6.07 Å². The van der Waals surface area contributed by atoms with Crippen molar-refractivity contribution >= 4 is 46.1 Å². The number of anilines is 1. The van der Waals surface area contributed by atoms with Crippen molar-refractivity contribution in [2.75, 3.05) is 18.5 Å². The quantitative estimate of drug-likeness (QED) is 0.467. The molecule has 1 saturated carbocycles. The number of aromatic nitrogens is 1. The molecular formula is C23H30N4O2S2. The second-order valence-electron chi connectivity index (χ2n) is 8.33. The molecule has 3 rings (SSSR count). The van der Waals surface area contributed by atoms with Gasteiger partial charge in [0.05, 0.1) is 4.91 Å². The molecule has 0 radical (unpaired) electrons. The van der Waals surface area contributed by atoms with Gasteiger partial charge >= 0.3 is 0 Å². The Kier molecular flexibility index (Phi) is 7.60. The monoisotopic (exact) mass is 458 g/mol. The molecule has 1 aromatic heterocycles. The highest BCUT2D eigenvalue weighted by molar-refractivity contribution is 8.26. The summed E-state index contributed by atoms with van der Waals surface area (Å²) in [5.74, 6) is 0.661. The summed E-state index contributed by atoms with van der Waals surface area (Å²) in [6.45, 7) is 4.68. The standard InChI is InChI=1S/C23H30N4O2S2/c1-5-6-12-25(3)20-17(15(2)18(14-24)21(28)26(20)4)13-19-22(29)27(23(30)31-19)16-10-8-7-9-11-16/h13,16H,5-12H2,1-4H3. The van der Waals surface area contributed by atoms with Crippen molar-refractivity contribution in [1.29, 1.82) is 5.26 Å². The SMILES string of the molecule is CCCCN(C)c1c(C=C2SC(=S)N(C3CCCCC3)C2=O)c(C)c(C#N)c(=O)n1C. The van der Waals surface area contributed by atoms with Gasteiger partial charge in [0.1, 0.15) is 21.8 Å². The molecule has 0 bridgehead atoms. The van der Waals surface area contributed by atoms with Gasteiger partial charge in [0.2, 0.25) is 0 Å². The molecule has 1 amide bonds. The number of unbranched alkanes of at least 4 members (excludes halogenated alkanes) is 1. The number of hydrogen-bond acceptors (Lipinski definition) is 6. The molecule has 0 atom stereocenters. The molecule has 0 N–H and O–H groups in total. The second-order valence-corrected chi connectivity index (χ2v) is 10.0. The van der Waals surface area contributed by atoms with E-state index in [1.807, 2.05) is 18.0 Å². The molecule has 0 unspecified atom stereocenters. The molecule has 2 heterocycles. The van der Waals surface area contributed by atoms with Crippen LogP contribution in [0.2, 0.25) is 0 Å². The van der Waals surface area contributed by atoms with Crippen LogP contribution in [0.5, 0.6) is 0 Å². The van der Waals surface area contributed by atoms with Crippen molar-refractivity contribution in [2.45, 2.75) is 64.8 Å². The van der Waals surface area contributed by atoms with E-state index in [0.717, 1.165) is 56.5 Å². The number of nitriles is 1. The average molecular weight is 459 g/mol. The zero-order chi connectivity index (χ0) is 22.7. The third-order valence-electron chi connectivity index (χ3n) is 6.22. The maximum Gasteiger partial charge on any atom is 0.270 e. The van der Waals surface area contributed by atoms with E-state index in [1.165, 1.54) is 22.7 Å². The van der Waals surface area contributed by atoms with Crippen LogP contribution in [0.4, 0.5) is 5.82 Å². The Hall–Kier alpha value is -2.11. The number of thioether (sulfide) groups is 1. The van der Waals surface area contributed by atoms with Crippen LogP contribution in [0.15, 0.2) is 9.70 Å². The molecule has 6 nitrogen and oxygen atoms in total. The van der Waals surface area contributed by atoms with Gasteiger partial charge in [0.15, 0.2) is 0 Å². The second kappa shape index (κ2) is 10.0. The van der Waals surface area contributed by atoms with Gasteiger partial charge < -0.3 is 4.90 Å². The minimum absolute atomic E-state index is 0.0594. The topological polar surface area (TPSA) is 69.3 Å². The fourth-order valence-corrected chi connectivity index (χ4v) is 5.82. The van der Waals surface area contributed by atoms with Gasteiger partial charge in [-0.3, -0.25) is 19.1 Å². The van der Waals surface area contributed by atoms with Gasteiger partial charge in [0, 0.05) is 32.2 Å².